The summed E-state index contributed by atoms with van der Waals surface area (Å²) < 4.78 is 0.637. The maximum atomic E-state index is 12.3. The molecule has 1 amide bonds. The predicted octanol–water partition coefficient (Wildman–Crippen LogP) is 2.86. The molecule has 1 aromatic rings. The summed E-state index contributed by atoms with van der Waals surface area (Å²) in [6.07, 6.45) is 0.340. The van der Waals surface area contributed by atoms with E-state index in [0.29, 0.717) is 35.7 Å². The Hall–Kier alpha value is -1.41. The number of aromatic nitrogens is 1. The van der Waals surface area contributed by atoms with Crippen LogP contribution in [0.4, 0.5) is 0 Å². The summed E-state index contributed by atoms with van der Waals surface area (Å²) in [5.74, 6) is 0.236. The molecule has 0 spiro atoms. The fraction of sp³-hybridized carbons (Fsp3) is 0.462. The zero-order chi connectivity index (χ0) is 13.5. The van der Waals surface area contributed by atoms with Crippen molar-refractivity contribution in [2.75, 3.05) is 13.1 Å². The number of amides is 1. The summed E-state index contributed by atoms with van der Waals surface area (Å²) in [7, 11) is 0. The molecule has 0 aromatic carbocycles. The van der Waals surface area contributed by atoms with Crippen LogP contribution >= 0.6 is 15.9 Å². The molecule has 0 aliphatic carbocycles. The zero-order valence-electron chi connectivity index (χ0n) is 10.6. The number of carbonyl (C=O) groups is 1. The van der Waals surface area contributed by atoms with E-state index in [4.69, 9.17) is 5.26 Å². The van der Waals surface area contributed by atoms with Gasteiger partial charge in [0.05, 0.1) is 12.5 Å². The third-order valence-electron chi connectivity index (χ3n) is 2.30. The number of carbonyl (C=O) groups excluding carboxylic acids is 1. The largest absolute Gasteiger partial charge is 0.336 e. The lowest BCUT2D eigenvalue weighted by atomic mass is 10.2. The highest BCUT2D eigenvalue weighted by molar-refractivity contribution is 9.10. The number of pyridine rings is 1. The van der Waals surface area contributed by atoms with Gasteiger partial charge in [-0.05, 0) is 34.0 Å². The lowest BCUT2D eigenvalue weighted by molar-refractivity contribution is 0.0734. The maximum Gasteiger partial charge on any atom is 0.272 e. The number of hydrogen-bond acceptors (Lipinski definition) is 3. The number of nitrogens with zero attached hydrogens (tertiary/aromatic N) is 3. The smallest absolute Gasteiger partial charge is 0.272 e. The van der Waals surface area contributed by atoms with Crippen LogP contribution in [0.15, 0.2) is 22.8 Å². The first kappa shape index (κ1) is 14.7. The van der Waals surface area contributed by atoms with Crippen LogP contribution < -0.4 is 0 Å². The van der Waals surface area contributed by atoms with Gasteiger partial charge in [-0.15, -0.1) is 0 Å². The zero-order valence-corrected chi connectivity index (χ0v) is 12.1. The molecule has 0 atom stereocenters. The van der Waals surface area contributed by atoms with E-state index in [1.807, 2.05) is 13.8 Å². The highest BCUT2D eigenvalue weighted by Gasteiger charge is 2.17. The first-order valence-corrected chi connectivity index (χ1v) is 6.62. The first-order valence-electron chi connectivity index (χ1n) is 5.83. The van der Waals surface area contributed by atoms with E-state index < -0.39 is 0 Å². The summed E-state index contributed by atoms with van der Waals surface area (Å²) in [5, 5.41) is 8.63. The van der Waals surface area contributed by atoms with Crippen molar-refractivity contribution in [1.82, 2.24) is 9.88 Å². The van der Waals surface area contributed by atoms with Crippen molar-refractivity contribution in [3.63, 3.8) is 0 Å². The Morgan fingerprint density at radius 2 is 2.28 bits per heavy atom. The summed E-state index contributed by atoms with van der Waals surface area (Å²) in [5.41, 5.74) is 0.406. The molecular weight excluding hydrogens is 294 g/mol. The quantitative estimate of drug-likeness (QED) is 0.786. The van der Waals surface area contributed by atoms with Crippen LogP contribution in [0.2, 0.25) is 0 Å². The Labute approximate surface area is 116 Å². The van der Waals surface area contributed by atoms with Crippen molar-refractivity contribution in [2.45, 2.75) is 20.3 Å². The van der Waals surface area contributed by atoms with Gasteiger partial charge in [0.1, 0.15) is 10.3 Å². The average molecular weight is 310 g/mol. The van der Waals surface area contributed by atoms with Crippen LogP contribution in [0, 0.1) is 17.2 Å². The van der Waals surface area contributed by atoms with Crippen LogP contribution in [0.1, 0.15) is 30.8 Å². The molecule has 96 valence electrons. The lowest BCUT2D eigenvalue weighted by Crippen LogP contribution is -2.35. The van der Waals surface area contributed by atoms with Crippen LogP contribution in [-0.2, 0) is 0 Å². The Bertz CT molecular complexity index is 454. The van der Waals surface area contributed by atoms with Crippen LogP contribution in [-0.4, -0.2) is 28.9 Å². The van der Waals surface area contributed by atoms with E-state index in [1.165, 1.54) is 0 Å². The van der Waals surface area contributed by atoms with Gasteiger partial charge >= 0.3 is 0 Å². The summed E-state index contributed by atoms with van der Waals surface area (Å²) in [6.45, 7) is 5.17. The van der Waals surface area contributed by atoms with Crippen molar-refractivity contribution in [1.29, 1.82) is 5.26 Å². The minimum atomic E-state index is -0.125. The maximum absolute atomic E-state index is 12.3. The molecule has 0 fully saturated rings. The van der Waals surface area contributed by atoms with Crippen molar-refractivity contribution < 1.29 is 4.79 Å². The molecule has 0 saturated carbocycles. The van der Waals surface area contributed by atoms with Crippen molar-refractivity contribution in [3.8, 4) is 6.07 Å². The number of nitriles is 1. The Kier molecular flexibility index (Phi) is 5.79. The average Bonchev–Trinajstić information content (AvgIpc) is 2.33. The summed E-state index contributed by atoms with van der Waals surface area (Å²) >= 11 is 3.25. The fourth-order valence-electron chi connectivity index (χ4n) is 1.59. The molecule has 0 radical (unpaired) electrons. The minimum absolute atomic E-state index is 0.125. The van der Waals surface area contributed by atoms with E-state index in [9.17, 15) is 4.79 Å². The number of rotatable bonds is 5. The van der Waals surface area contributed by atoms with Crippen molar-refractivity contribution in [3.05, 3.63) is 28.5 Å². The molecule has 18 heavy (non-hydrogen) atoms. The Balaban J connectivity index is 2.84. The second-order valence-corrected chi connectivity index (χ2v) is 5.21. The molecular formula is C13H16BrN3O. The molecule has 0 aliphatic rings. The molecule has 0 unspecified atom stereocenters. The van der Waals surface area contributed by atoms with Gasteiger partial charge in [-0.3, -0.25) is 4.79 Å². The molecule has 5 heteroatoms. The molecule has 1 rings (SSSR count). The van der Waals surface area contributed by atoms with Gasteiger partial charge < -0.3 is 4.90 Å². The van der Waals surface area contributed by atoms with Crippen LogP contribution in [0.5, 0.6) is 0 Å². The van der Waals surface area contributed by atoms with Crippen LogP contribution in [0.25, 0.3) is 0 Å². The molecule has 0 N–H and O–H groups in total. The van der Waals surface area contributed by atoms with E-state index in [-0.39, 0.29) is 5.91 Å². The van der Waals surface area contributed by atoms with Gasteiger partial charge in [-0.1, -0.05) is 19.9 Å². The standard InChI is InChI=1S/C13H16BrN3O/c1-10(2)9-17(8-4-7-15)13(18)11-5-3-6-12(14)16-11/h3,5-6,10H,4,8-9H2,1-2H3. The van der Waals surface area contributed by atoms with Crippen molar-refractivity contribution in [2.24, 2.45) is 5.92 Å². The van der Waals surface area contributed by atoms with Gasteiger partial charge in [-0.25, -0.2) is 4.98 Å². The fourth-order valence-corrected chi connectivity index (χ4v) is 1.93. The third kappa shape index (κ3) is 4.46. The topological polar surface area (TPSA) is 57.0 Å². The van der Waals surface area contributed by atoms with Crippen LogP contribution in [0.3, 0.4) is 0 Å². The van der Waals surface area contributed by atoms with E-state index >= 15 is 0 Å². The molecule has 1 heterocycles. The molecule has 0 bridgehead atoms. The monoisotopic (exact) mass is 309 g/mol. The number of hydrogen-bond donors (Lipinski definition) is 0. The lowest BCUT2D eigenvalue weighted by Gasteiger charge is -2.23. The van der Waals surface area contributed by atoms with E-state index in [2.05, 4.69) is 27.0 Å². The summed E-state index contributed by atoms with van der Waals surface area (Å²) in [4.78, 5) is 18.1. The third-order valence-corrected chi connectivity index (χ3v) is 2.74. The van der Waals surface area contributed by atoms with Gasteiger partial charge in [0, 0.05) is 13.1 Å². The Morgan fingerprint density at radius 1 is 1.56 bits per heavy atom. The van der Waals surface area contributed by atoms with Gasteiger partial charge in [0.15, 0.2) is 0 Å². The molecule has 4 nitrogen and oxygen atoms in total. The highest BCUT2D eigenvalue weighted by atomic mass is 79.9. The SMILES string of the molecule is CC(C)CN(CCC#N)C(=O)c1cccc(Br)n1. The van der Waals surface area contributed by atoms with Gasteiger partial charge in [-0.2, -0.15) is 5.26 Å². The minimum Gasteiger partial charge on any atom is -0.336 e. The van der Waals surface area contributed by atoms with Gasteiger partial charge in [0.25, 0.3) is 5.91 Å². The predicted molar refractivity (Wildman–Crippen MR) is 72.9 cm³/mol. The summed E-state index contributed by atoms with van der Waals surface area (Å²) in [6, 6.07) is 7.31. The van der Waals surface area contributed by atoms with E-state index in [0.717, 1.165) is 0 Å². The highest BCUT2D eigenvalue weighted by Crippen LogP contribution is 2.10. The second-order valence-electron chi connectivity index (χ2n) is 4.40. The van der Waals surface area contributed by atoms with Crippen molar-refractivity contribution >= 4 is 21.8 Å². The number of halogens is 1. The first-order chi connectivity index (χ1) is 8.54. The molecule has 1 aromatic heterocycles. The molecule has 0 aliphatic heterocycles. The van der Waals surface area contributed by atoms with E-state index in [1.54, 1.807) is 23.1 Å². The van der Waals surface area contributed by atoms with Gasteiger partial charge in [0.2, 0.25) is 0 Å². The molecule has 0 saturated heterocycles. The normalized spacial score (nSPS) is 10.2. The second kappa shape index (κ2) is 7.12. The Morgan fingerprint density at radius 3 is 2.83 bits per heavy atom.